The van der Waals surface area contributed by atoms with Gasteiger partial charge in [0.1, 0.15) is 5.82 Å². The third-order valence-corrected chi connectivity index (χ3v) is 3.30. The van der Waals surface area contributed by atoms with Crippen molar-refractivity contribution in [2.24, 2.45) is 11.7 Å². The van der Waals surface area contributed by atoms with Crippen LogP contribution in [0.15, 0.2) is 12.1 Å². The Morgan fingerprint density at radius 3 is 2.88 bits per heavy atom. The molecule has 1 heterocycles. The summed E-state index contributed by atoms with van der Waals surface area (Å²) in [7, 11) is 0. The molecule has 1 fully saturated rings. The van der Waals surface area contributed by atoms with E-state index >= 15 is 0 Å². The molecule has 1 aliphatic rings. The number of rotatable bonds is 3. The minimum atomic E-state index is 0.582. The van der Waals surface area contributed by atoms with E-state index in [0.717, 1.165) is 23.0 Å². The Balaban J connectivity index is 2.06. The summed E-state index contributed by atoms with van der Waals surface area (Å²) in [5, 5.41) is 3.52. The van der Waals surface area contributed by atoms with Crippen LogP contribution in [0.2, 0.25) is 0 Å². The lowest BCUT2D eigenvalue weighted by Crippen LogP contribution is -2.16. The molecule has 3 nitrogen and oxygen atoms in total. The van der Waals surface area contributed by atoms with Gasteiger partial charge in [-0.15, -0.1) is 0 Å². The zero-order chi connectivity index (χ0) is 11.5. The zero-order valence-corrected chi connectivity index (χ0v) is 10.2. The number of aryl methyl sites for hydroxylation is 1. The first-order valence-corrected chi connectivity index (χ1v) is 6.11. The number of anilines is 1. The van der Waals surface area contributed by atoms with Crippen LogP contribution < -0.4 is 11.1 Å². The van der Waals surface area contributed by atoms with Crippen LogP contribution in [0.25, 0.3) is 0 Å². The molecule has 2 atom stereocenters. The highest BCUT2D eigenvalue weighted by Crippen LogP contribution is 2.27. The van der Waals surface area contributed by atoms with Crippen LogP contribution in [0.3, 0.4) is 0 Å². The fourth-order valence-electron chi connectivity index (χ4n) is 2.48. The lowest BCUT2D eigenvalue weighted by molar-refractivity contribution is 0.602. The van der Waals surface area contributed by atoms with Gasteiger partial charge in [-0.25, -0.2) is 4.98 Å². The van der Waals surface area contributed by atoms with Gasteiger partial charge in [-0.2, -0.15) is 0 Å². The van der Waals surface area contributed by atoms with Gasteiger partial charge in [-0.1, -0.05) is 6.92 Å². The van der Waals surface area contributed by atoms with Crippen molar-refractivity contribution < 1.29 is 0 Å². The predicted octanol–water partition coefficient (Wildman–Crippen LogP) is 2.45. The normalized spacial score (nSPS) is 24.7. The van der Waals surface area contributed by atoms with Gasteiger partial charge >= 0.3 is 0 Å². The Morgan fingerprint density at radius 1 is 1.44 bits per heavy atom. The molecule has 0 aliphatic heterocycles. The van der Waals surface area contributed by atoms with Crippen molar-refractivity contribution in [2.45, 2.75) is 45.7 Å². The maximum absolute atomic E-state index is 5.66. The first-order valence-electron chi connectivity index (χ1n) is 6.11. The third kappa shape index (κ3) is 2.73. The van der Waals surface area contributed by atoms with Crippen LogP contribution in [-0.4, -0.2) is 11.0 Å². The Bertz CT molecular complexity index is 362. The fourth-order valence-corrected chi connectivity index (χ4v) is 2.48. The minimum absolute atomic E-state index is 0.582. The number of nitrogens with one attached hydrogen (secondary N) is 1. The van der Waals surface area contributed by atoms with Crippen LogP contribution in [-0.2, 0) is 6.54 Å². The molecule has 3 N–H and O–H groups in total. The highest BCUT2D eigenvalue weighted by Gasteiger charge is 2.21. The molecule has 0 bridgehead atoms. The highest BCUT2D eigenvalue weighted by atomic mass is 15.0. The van der Waals surface area contributed by atoms with Crippen LogP contribution in [0.4, 0.5) is 5.82 Å². The van der Waals surface area contributed by atoms with Crippen molar-refractivity contribution in [3.63, 3.8) is 0 Å². The van der Waals surface area contributed by atoms with E-state index in [-0.39, 0.29) is 0 Å². The van der Waals surface area contributed by atoms with Gasteiger partial charge in [0.15, 0.2) is 0 Å². The molecule has 0 spiro atoms. The first-order chi connectivity index (χ1) is 7.67. The quantitative estimate of drug-likeness (QED) is 0.821. The van der Waals surface area contributed by atoms with Gasteiger partial charge in [0, 0.05) is 18.3 Å². The van der Waals surface area contributed by atoms with Gasteiger partial charge in [0.2, 0.25) is 0 Å². The lowest BCUT2D eigenvalue weighted by Gasteiger charge is -2.14. The van der Waals surface area contributed by atoms with Crippen LogP contribution in [0.5, 0.6) is 0 Å². The summed E-state index contributed by atoms with van der Waals surface area (Å²) in [5.41, 5.74) is 7.85. The number of pyridine rings is 1. The summed E-state index contributed by atoms with van der Waals surface area (Å²) >= 11 is 0. The van der Waals surface area contributed by atoms with Crippen molar-refractivity contribution in [1.82, 2.24) is 4.98 Å². The number of nitrogens with two attached hydrogens (primary N) is 1. The molecule has 16 heavy (non-hydrogen) atoms. The maximum Gasteiger partial charge on any atom is 0.126 e. The summed E-state index contributed by atoms with van der Waals surface area (Å²) < 4.78 is 0. The number of hydrogen-bond donors (Lipinski definition) is 2. The number of hydrogen-bond acceptors (Lipinski definition) is 3. The molecule has 0 saturated heterocycles. The van der Waals surface area contributed by atoms with Gasteiger partial charge in [-0.05, 0) is 49.8 Å². The summed E-state index contributed by atoms with van der Waals surface area (Å²) in [4.78, 5) is 4.50. The molecule has 2 rings (SSSR count). The van der Waals surface area contributed by atoms with E-state index in [1.165, 1.54) is 19.3 Å². The molecule has 0 amide bonds. The molecule has 1 aliphatic carbocycles. The zero-order valence-electron chi connectivity index (χ0n) is 10.2. The molecule has 0 radical (unpaired) electrons. The Hall–Kier alpha value is -1.09. The van der Waals surface area contributed by atoms with Crippen molar-refractivity contribution in [3.05, 3.63) is 23.4 Å². The van der Waals surface area contributed by atoms with E-state index in [0.29, 0.717) is 12.6 Å². The minimum Gasteiger partial charge on any atom is -0.367 e. The van der Waals surface area contributed by atoms with E-state index in [2.05, 4.69) is 23.3 Å². The predicted molar refractivity (Wildman–Crippen MR) is 67.3 cm³/mol. The van der Waals surface area contributed by atoms with Gasteiger partial charge < -0.3 is 11.1 Å². The monoisotopic (exact) mass is 219 g/mol. The maximum atomic E-state index is 5.66. The van der Waals surface area contributed by atoms with E-state index in [1.807, 2.05) is 13.0 Å². The highest BCUT2D eigenvalue weighted by molar-refractivity contribution is 5.40. The molecule has 2 unspecified atom stereocenters. The molecule has 1 saturated carbocycles. The lowest BCUT2D eigenvalue weighted by atomic mass is 10.1. The summed E-state index contributed by atoms with van der Waals surface area (Å²) in [6.45, 7) is 4.91. The number of aromatic nitrogens is 1. The van der Waals surface area contributed by atoms with Gasteiger partial charge in [-0.3, -0.25) is 0 Å². The summed E-state index contributed by atoms with van der Waals surface area (Å²) in [6, 6.07) is 4.70. The van der Waals surface area contributed by atoms with Gasteiger partial charge in [0.05, 0.1) is 0 Å². The average Bonchev–Trinajstić information content (AvgIpc) is 2.63. The third-order valence-electron chi connectivity index (χ3n) is 3.30. The van der Waals surface area contributed by atoms with Crippen molar-refractivity contribution in [1.29, 1.82) is 0 Å². The molecule has 1 aromatic rings. The number of nitrogens with zero attached hydrogens (tertiary/aromatic N) is 1. The molecule has 88 valence electrons. The largest absolute Gasteiger partial charge is 0.367 e. The second-order valence-electron chi connectivity index (χ2n) is 4.97. The van der Waals surface area contributed by atoms with Crippen LogP contribution >= 0.6 is 0 Å². The molecular formula is C13H21N3. The molecular weight excluding hydrogens is 198 g/mol. The van der Waals surface area contributed by atoms with E-state index < -0.39 is 0 Å². The summed E-state index contributed by atoms with van der Waals surface area (Å²) in [6.07, 6.45) is 3.84. The summed E-state index contributed by atoms with van der Waals surface area (Å²) in [5.74, 6) is 1.83. The SMILES string of the molecule is Cc1cc(CN)cc(NC2CCC(C)C2)n1. The van der Waals surface area contributed by atoms with E-state index in [1.54, 1.807) is 0 Å². The van der Waals surface area contributed by atoms with E-state index in [9.17, 15) is 0 Å². The molecule has 1 aromatic heterocycles. The molecule has 0 aromatic carbocycles. The van der Waals surface area contributed by atoms with Crippen molar-refractivity contribution in [3.8, 4) is 0 Å². The van der Waals surface area contributed by atoms with Crippen LogP contribution in [0, 0.1) is 12.8 Å². The second kappa shape index (κ2) is 4.83. The van der Waals surface area contributed by atoms with Crippen molar-refractivity contribution >= 4 is 5.82 Å². The van der Waals surface area contributed by atoms with Crippen LogP contribution in [0.1, 0.15) is 37.4 Å². The van der Waals surface area contributed by atoms with Gasteiger partial charge in [0.25, 0.3) is 0 Å². The molecule has 3 heteroatoms. The second-order valence-corrected chi connectivity index (χ2v) is 4.97. The van der Waals surface area contributed by atoms with E-state index in [4.69, 9.17) is 5.73 Å². The Kier molecular flexibility index (Phi) is 3.44. The first kappa shape index (κ1) is 11.4. The smallest absolute Gasteiger partial charge is 0.126 e. The average molecular weight is 219 g/mol. The Morgan fingerprint density at radius 2 is 2.25 bits per heavy atom. The topological polar surface area (TPSA) is 50.9 Å². The van der Waals surface area contributed by atoms with Crippen molar-refractivity contribution in [2.75, 3.05) is 5.32 Å². The standard InChI is InChI=1S/C13H21N3/c1-9-3-4-12(5-9)16-13-7-11(8-14)6-10(2)15-13/h6-7,9,12H,3-5,8,14H2,1-2H3,(H,15,16). The Labute approximate surface area is 97.5 Å². The fraction of sp³-hybridized carbons (Fsp3) is 0.615.